The van der Waals surface area contributed by atoms with Crippen molar-refractivity contribution in [2.24, 2.45) is 5.73 Å². The van der Waals surface area contributed by atoms with Crippen LogP contribution in [0.5, 0.6) is 0 Å². The van der Waals surface area contributed by atoms with Crippen LogP contribution in [-0.2, 0) is 9.53 Å². The van der Waals surface area contributed by atoms with Crippen LogP contribution < -0.4 is 10.6 Å². The first kappa shape index (κ1) is 21.1. The molecule has 0 amide bonds. The number of anilines is 1. The first-order chi connectivity index (χ1) is 15.0. The zero-order valence-corrected chi connectivity index (χ0v) is 18.5. The van der Waals surface area contributed by atoms with Gasteiger partial charge in [0.1, 0.15) is 5.82 Å². The molecule has 1 aromatic heterocycles. The summed E-state index contributed by atoms with van der Waals surface area (Å²) in [4.78, 5) is 26.6. The van der Waals surface area contributed by atoms with Crippen LogP contribution in [0.3, 0.4) is 0 Å². The van der Waals surface area contributed by atoms with Crippen LogP contribution in [0.4, 0.5) is 5.13 Å². The van der Waals surface area contributed by atoms with Crippen LogP contribution in [-0.4, -0.2) is 35.3 Å². The van der Waals surface area contributed by atoms with E-state index in [2.05, 4.69) is 16.3 Å². The molecule has 0 bridgehead atoms. The maximum absolute atomic E-state index is 13.1. The molecule has 2 aromatic rings. The average Bonchev–Trinajstić information content (AvgIpc) is 3.26. The number of methoxy groups -OCH3 is 1. The summed E-state index contributed by atoms with van der Waals surface area (Å²) in [5, 5.41) is 18.9. The molecule has 0 saturated heterocycles. The highest BCUT2D eigenvalue weighted by atomic mass is 32.2. The number of ether oxygens (including phenoxy) is 1. The van der Waals surface area contributed by atoms with Crippen LogP contribution in [0.25, 0.3) is 0 Å². The molecular weight excluding hydrogens is 434 g/mol. The summed E-state index contributed by atoms with van der Waals surface area (Å²) in [7, 11) is 1.32. The zero-order chi connectivity index (χ0) is 22.1. The molecule has 158 valence electrons. The standard InChI is InChI=1S/C21H19N5O3S2/c1-29-19(28)12-8-6-11(7-9-12)16-13(10-22)18(23)26(20-24-25-21(30-2)31-20)14-4-3-5-15(27)17(14)16/h6-9,16H,3-5,23H2,1-2H3. The number of thioether (sulfide) groups is 1. The lowest BCUT2D eigenvalue weighted by atomic mass is 9.75. The summed E-state index contributed by atoms with van der Waals surface area (Å²) in [5.41, 5.74) is 9.20. The number of ketones is 1. The van der Waals surface area contributed by atoms with E-state index in [0.717, 1.165) is 15.6 Å². The molecule has 2 heterocycles. The van der Waals surface area contributed by atoms with E-state index in [-0.39, 0.29) is 17.2 Å². The third kappa shape index (κ3) is 3.60. The summed E-state index contributed by atoms with van der Waals surface area (Å²) in [6.07, 6.45) is 3.66. The highest BCUT2D eigenvalue weighted by Gasteiger charge is 2.41. The van der Waals surface area contributed by atoms with Crippen LogP contribution in [0.2, 0.25) is 0 Å². The fourth-order valence-corrected chi connectivity index (χ4v) is 5.24. The van der Waals surface area contributed by atoms with E-state index in [4.69, 9.17) is 10.5 Å². The molecule has 2 N–H and O–H groups in total. The number of esters is 1. The highest BCUT2D eigenvalue weighted by Crippen LogP contribution is 2.47. The van der Waals surface area contributed by atoms with Gasteiger partial charge in [0.25, 0.3) is 0 Å². The number of hydrogen-bond acceptors (Lipinski definition) is 10. The monoisotopic (exact) mass is 453 g/mol. The van der Waals surface area contributed by atoms with E-state index in [0.29, 0.717) is 35.5 Å². The van der Waals surface area contributed by atoms with Gasteiger partial charge < -0.3 is 10.5 Å². The summed E-state index contributed by atoms with van der Waals surface area (Å²) in [6.45, 7) is 0. The van der Waals surface area contributed by atoms with E-state index in [1.807, 2.05) is 6.26 Å². The van der Waals surface area contributed by atoms with Gasteiger partial charge in [-0.1, -0.05) is 35.2 Å². The molecule has 1 unspecified atom stereocenters. The van der Waals surface area contributed by atoms with Crippen LogP contribution >= 0.6 is 23.1 Å². The lowest BCUT2D eigenvalue weighted by Gasteiger charge is -2.38. The number of benzene rings is 1. The molecule has 4 rings (SSSR count). The second-order valence-corrected chi connectivity index (χ2v) is 8.99. The van der Waals surface area contributed by atoms with Gasteiger partial charge in [-0.15, -0.1) is 10.2 Å². The van der Waals surface area contributed by atoms with Crippen molar-refractivity contribution < 1.29 is 14.3 Å². The van der Waals surface area contributed by atoms with Gasteiger partial charge in [-0.05, 0) is 36.8 Å². The topological polar surface area (TPSA) is 122 Å². The molecule has 31 heavy (non-hydrogen) atoms. The van der Waals surface area contributed by atoms with Gasteiger partial charge in [-0.25, -0.2) is 4.79 Å². The van der Waals surface area contributed by atoms with Crippen molar-refractivity contribution in [3.05, 3.63) is 58.1 Å². The maximum atomic E-state index is 13.1. The molecule has 1 aliphatic carbocycles. The molecule has 10 heteroatoms. The first-order valence-electron chi connectivity index (χ1n) is 9.52. The van der Waals surface area contributed by atoms with Crippen molar-refractivity contribution in [3.63, 3.8) is 0 Å². The molecular formula is C21H19N5O3S2. The summed E-state index contributed by atoms with van der Waals surface area (Å²) < 4.78 is 5.52. The van der Waals surface area contributed by atoms with Gasteiger partial charge in [0, 0.05) is 17.7 Å². The maximum Gasteiger partial charge on any atom is 0.337 e. The molecule has 1 aromatic carbocycles. The van der Waals surface area contributed by atoms with Gasteiger partial charge in [0.15, 0.2) is 10.1 Å². The molecule has 8 nitrogen and oxygen atoms in total. The van der Waals surface area contributed by atoms with E-state index < -0.39 is 11.9 Å². The lowest BCUT2D eigenvalue weighted by molar-refractivity contribution is -0.116. The molecule has 0 spiro atoms. The van der Waals surface area contributed by atoms with Crippen molar-refractivity contribution >= 4 is 40.0 Å². The third-order valence-electron chi connectivity index (χ3n) is 5.34. The van der Waals surface area contributed by atoms with Crippen molar-refractivity contribution in [1.29, 1.82) is 5.26 Å². The number of Topliss-reactive ketones (excluding diaryl/α,β-unsaturated/α-hetero) is 1. The van der Waals surface area contributed by atoms with Gasteiger partial charge in [0.2, 0.25) is 5.13 Å². The fraction of sp³-hybridized carbons (Fsp3) is 0.286. The number of nitriles is 1. The molecule has 1 aliphatic heterocycles. The minimum atomic E-state index is -0.594. The predicted octanol–water partition coefficient (Wildman–Crippen LogP) is 3.35. The van der Waals surface area contributed by atoms with Crippen molar-refractivity contribution in [2.45, 2.75) is 29.5 Å². The Kier molecular flexibility index (Phi) is 5.80. The largest absolute Gasteiger partial charge is 0.465 e. The minimum Gasteiger partial charge on any atom is -0.465 e. The zero-order valence-electron chi connectivity index (χ0n) is 16.9. The Morgan fingerprint density at radius 3 is 2.68 bits per heavy atom. The number of carbonyl (C=O) groups excluding carboxylic acids is 2. The van der Waals surface area contributed by atoms with Crippen LogP contribution in [0.1, 0.15) is 41.1 Å². The van der Waals surface area contributed by atoms with Crippen molar-refractivity contribution in [1.82, 2.24) is 10.2 Å². The molecule has 1 atom stereocenters. The Balaban J connectivity index is 1.88. The Hall–Kier alpha value is -3.16. The normalized spacial score (nSPS) is 18.7. The number of allylic oxidation sites excluding steroid dienone is 3. The summed E-state index contributed by atoms with van der Waals surface area (Å²) in [5.74, 6) is -0.805. The second-order valence-electron chi connectivity index (χ2n) is 6.98. The number of carbonyl (C=O) groups is 2. The number of nitrogens with zero attached hydrogens (tertiary/aromatic N) is 4. The Bertz CT molecular complexity index is 1160. The third-order valence-corrected chi connectivity index (χ3v) is 7.22. The SMILES string of the molecule is COC(=O)c1ccc(C2C(C#N)=C(N)N(c3nnc(SC)s3)C3=C2C(=O)CCC3)cc1. The summed E-state index contributed by atoms with van der Waals surface area (Å²) >= 11 is 2.83. The highest BCUT2D eigenvalue weighted by molar-refractivity contribution is 8.00. The Morgan fingerprint density at radius 2 is 2.06 bits per heavy atom. The van der Waals surface area contributed by atoms with E-state index in [9.17, 15) is 14.9 Å². The lowest BCUT2D eigenvalue weighted by Crippen LogP contribution is -2.38. The molecule has 0 saturated carbocycles. The van der Waals surface area contributed by atoms with Crippen LogP contribution in [0.15, 0.2) is 51.3 Å². The quantitative estimate of drug-likeness (QED) is 0.548. The van der Waals surface area contributed by atoms with Crippen molar-refractivity contribution in [3.8, 4) is 6.07 Å². The number of rotatable bonds is 4. The van der Waals surface area contributed by atoms with Gasteiger partial charge in [0.05, 0.1) is 30.2 Å². The smallest absolute Gasteiger partial charge is 0.337 e. The number of aromatic nitrogens is 2. The van der Waals surface area contributed by atoms with Crippen LogP contribution in [0, 0.1) is 11.3 Å². The number of hydrogen-bond donors (Lipinski definition) is 1. The molecule has 2 aliphatic rings. The van der Waals surface area contributed by atoms with E-state index >= 15 is 0 Å². The molecule has 0 radical (unpaired) electrons. The van der Waals surface area contributed by atoms with Gasteiger partial charge in [-0.2, -0.15) is 5.26 Å². The summed E-state index contributed by atoms with van der Waals surface area (Å²) in [6, 6.07) is 8.94. The number of nitrogens with two attached hydrogens (primary N) is 1. The first-order valence-corrected chi connectivity index (χ1v) is 11.6. The molecule has 0 fully saturated rings. The fourth-order valence-electron chi connectivity index (χ4n) is 3.94. The second kappa shape index (κ2) is 8.53. The van der Waals surface area contributed by atoms with Crippen molar-refractivity contribution in [2.75, 3.05) is 18.3 Å². The van der Waals surface area contributed by atoms with E-state index in [1.165, 1.54) is 30.2 Å². The van der Waals surface area contributed by atoms with Gasteiger partial charge in [-0.3, -0.25) is 9.69 Å². The Morgan fingerprint density at radius 1 is 1.32 bits per heavy atom. The Labute approximate surface area is 187 Å². The minimum absolute atomic E-state index is 0.0110. The average molecular weight is 454 g/mol. The van der Waals surface area contributed by atoms with E-state index in [1.54, 1.807) is 29.2 Å². The van der Waals surface area contributed by atoms with Gasteiger partial charge >= 0.3 is 5.97 Å². The predicted molar refractivity (Wildman–Crippen MR) is 117 cm³/mol.